The van der Waals surface area contributed by atoms with Gasteiger partial charge in [0.25, 0.3) is 0 Å². The average Bonchev–Trinajstić information content (AvgIpc) is 2.63. The summed E-state index contributed by atoms with van der Waals surface area (Å²) in [6.07, 6.45) is 5.46. The van der Waals surface area contributed by atoms with Crippen molar-refractivity contribution < 1.29 is 35.1 Å². The van der Waals surface area contributed by atoms with Gasteiger partial charge in [-0.2, -0.15) is 0 Å². The summed E-state index contributed by atoms with van der Waals surface area (Å²) < 4.78 is 0. The number of hydrogen-bond acceptors (Lipinski definition) is 5. The lowest BCUT2D eigenvalue weighted by Gasteiger charge is -2.20. The first-order chi connectivity index (χ1) is 13.8. The molecular weight excluding hydrogens is 388 g/mol. The van der Waals surface area contributed by atoms with Crippen LogP contribution < -0.4 is 0 Å². The zero-order valence-electron chi connectivity index (χ0n) is 18.5. The summed E-state index contributed by atoms with van der Waals surface area (Å²) in [6, 6.07) is 1.13. The van der Waals surface area contributed by atoms with Crippen molar-refractivity contribution in [3.05, 3.63) is 17.2 Å². The highest BCUT2D eigenvalue weighted by Gasteiger charge is 2.27. The van der Waals surface area contributed by atoms with E-state index in [4.69, 9.17) is 0 Å². The molecule has 5 N–H and O–H groups in total. The molecule has 0 spiro atoms. The summed E-state index contributed by atoms with van der Waals surface area (Å²) in [4.78, 5) is 22.4. The first kappa shape index (κ1) is 25.6. The third-order valence-corrected chi connectivity index (χ3v) is 5.84. The number of benzene rings is 1. The molecule has 0 fully saturated rings. The molecule has 1 aromatic carbocycles. The molecule has 1 rings (SSSR count). The van der Waals surface area contributed by atoms with E-state index in [-0.39, 0.29) is 17.2 Å². The molecule has 0 unspecified atom stereocenters. The number of carboxylic acids is 2. The number of aliphatic carboxylic acids is 2. The van der Waals surface area contributed by atoms with E-state index >= 15 is 0 Å². The molecule has 1 aromatic rings. The number of unbranched alkanes of at least 4 members (excludes halogenated alkanes) is 3. The molecule has 0 aliphatic rings. The fourth-order valence-corrected chi connectivity index (χ4v) is 3.41. The van der Waals surface area contributed by atoms with E-state index in [9.17, 15) is 35.1 Å². The smallest absolute Gasteiger partial charge is 0.309 e. The van der Waals surface area contributed by atoms with E-state index < -0.39 is 22.8 Å². The Balaban J connectivity index is 2.72. The van der Waals surface area contributed by atoms with Crippen molar-refractivity contribution in [1.82, 2.24) is 0 Å². The van der Waals surface area contributed by atoms with Gasteiger partial charge < -0.3 is 25.5 Å². The minimum absolute atomic E-state index is 0.0722. The number of aromatic hydroxyl groups is 3. The van der Waals surface area contributed by atoms with Crippen molar-refractivity contribution in [3.8, 4) is 17.2 Å². The van der Waals surface area contributed by atoms with Crippen LogP contribution in [0.1, 0.15) is 83.8 Å². The molecule has 0 bridgehead atoms. The van der Waals surface area contributed by atoms with Gasteiger partial charge in [-0.05, 0) is 66.2 Å². The summed E-state index contributed by atoms with van der Waals surface area (Å²) in [6.45, 7) is 6.74. The lowest BCUT2D eigenvalue weighted by molar-refractivity contribution is -0.148. The van der Waals surface area contributed by atoms with Crippen LogP contribution in [-0.2, 0) is 22.4 Å². The minimum Gasteiger partial charge on any atom is -0.508 e. The third kappa shape index (κ3) is 7.11. The Morgan fingerprint density at radius 1 is 0.700 bits per heavy atom. The van der Waals surface area contributed by atoms with Crippen LogP contribution in [0.15, 0.2) is 6.07 Å². The second-order valence-electron chi connectivity index (χ2n) is 9.37. The average molecular weight is 425 g/mol. The second-order valence-corrected chi connectivity index (χ2v) is 9.37. The first-order valence-corrected chi connectivity index (χ1v) is 10.5. The maximum absolute atomic E-state index is 11.2. The molecule has 170 valence electrons. The Morgan fingerprint density at radius 2 is 1.13 bits per heavy atom. The molecule has 0 saturated heterocycles. The highest BCUT2D eigenvalue weighted by Crippen LogP contribution is 2.39. The molecule has 0 heterocycles. The number of phenolic OH excluding ortho intramolecular Hbond substituents is 3. The molecule has 0 saturated carbocycles. The maximum Gasteiger partial charge on any atom is 0.309 e. The number of phenols is 3. The van der Waals surface area contributed by atoms with Gasteiger partial charge in [0.15, 0.2) is 11.5 Å². The Morgan fingerprint density at radius 3 is 1.63 bits per heavy atom. The summed E-state index contributed by atoms with van der Waals surface area (Å²) in [7, 11) is 0. The number of rotatable bonds is 13. The molecule has 7 nitrogen and oxygen atoms in total. The van der Waals surface area contributed by atoms with Crippen LogP contribution in [0.4, 0.5) is 0 Å². The van der Waals surface area contributed by atoms with Crippen LogP contribution in [0.5, 0.6) is 17.2 Å². The van der Waals surface area contributed by atoms with Gasteiger partial charge in [-0.3, -0.25) is 9.59 Å². The van der Waals surface area contributed by atoms with Crippen LogP contribution in [0.3, 0.4) is 0 Å². The van der Waals surface area contributed by atoms with Crippen molar-refractivity contribution in [1.29, 1.82) is 0 Å². The van der Waals surface area contributed by atoms with Crippen LogP contribution in [0.2, 0.25) is 0 Å². The Bertz CT molecular complexity index is 750. The first-order valence-electron chi connectivity index (χ1n) is 10.5. The van der Waals surface area contributed by atoms with Gasteiger partial charge in [0.1, 0.15) is 5.75 Å². The number of carbonyl (C=O) groups is 2. The van der Waals surface area contributed by atoms with E-state index in [0.717, 1.165) is 18.9 Å². The van der Waals surface area contributed by atoms with Crippen LogP contribution in [0.25, 0.3) is 0 Å². The normalized spacial score (nSPS) is 12.1. The van der Waals surface area contributed by atoms with Crippen molar-refractivity contribution in [2.75, 3.05) is 0 Å². The molecule has 0 radical (unpaired) electrons. The van der Waals surface area contributed by atoms with Gasteiger partial charge in [0, 0.05) is 17.2 Å². The Kier molecular flexibility index (Phi) is 9.00. The van der Waals surface area contributed by atoms with E-state index in [1.807, 2.05) is 0 Å². The predicted molar refractivity (Wildman–Crippen MR) is 114 cm³/mol. The SMILES string of the molecule is CC(C)(CCCCCc1c(O)cc(O)c(O)c1CCCCC(C)(C)C(=O)O)C(=O)O. The fourth-order valence-electron chi connectivity index (χ4n) is 3.41. The summed E-state index contributed by atoms with van der Waals surface area (Å²) >= 11 is 0. The van der Waals surface area contributed by atoms with Crippen LogP contribution >= 0.6 is 0 Å². The van der Waals surface area contributed by atoms with Gasteiger partial charge in [0.05, 0.1) is 10.8 Å². The maximum atomic E-state index is 11.2. The van der Waals surface area contributed by atoms with Crippen molar-refractivity contribution in [3.63, 3.8) is 0 Å². The molecule has 0 atom stereocenters. The highest BCUT2D eigenvalue weighted by atomic mass is 16.4. The molecule has 0 aromatic heterocycles. The quantitative estimate of drug-likeness (QED) is 0.174. The molecule has 0 aliphatic heterocycles. The minimum atomic E-state index is -0.855. The lowest BCUT2D eigenvalue weighted by Crippen LogP contribution is -2.23. The van der Waals surface area contributed by atoms with E-state index in [1.165, 1.54) is 0 Å². The molecule has 7 heteroatoms. The zero-order chi connectivity index (χ0) is 23.1. The zero-order valence-corrected chi connectivity index (χ0v) is 18.5. The van der Waals surface area contributed by atoms with Crippen LogP contribution in [0, 0.1) is 10.8 Å². The summed E-state index contributed by atoms with van der Waals surface area (Å²) in [5.41, 5.74) is -0.518. The standard InChI is InChI=1S/C23H36O7/c1-22(2,20(27)28)12-8-5-6-10-15-16(19(26)18(25)14-17(15)24)11-7-9-13-23(3,4)21(29)30/h14,24-26H,5-13H2,1-4H3,(H,27,28)(H,29,30). The summed E-state index contributed by atoms with van der Waals surface area (Å²) in [5.74, 6) is -2.37. The molecule has 0 aliphatic carbocycles. The molecule has 0 amide bonds. The third-order valence-electron chi connectivity index (χ3n) is 5.84. The van der Waals surface area contributed by atoms with E-state index in [2.05, 4.69) is 0 Å². The largest absolute Gasteiger partial charge is 0.508 e. The van der Waals surface area contributed by atoms with Gasteiger partial charge in [-0.15, -0.1) is 0 Å². The highest BCUT2D eigenvalue weighted by molar-refractivity contribution is 5.73. The molecular formula is C23H36O7. The Hall–Kier alpha value is -2.44. The number of carboxylic acid groups (broad SMARTS) is 2. The van der Waals surface area contributed by atoms with Gasteiger partial charge >= 0.3 is 11.9 Å². The van der Waals surface area contributed by atoms with E-state index in [1.54, 1.807) is 27.7 Å². The van der Waals surface area contributed by atoms with Crippen molar-refractivity contribution >= 4 is 11.9 Å². The second kappa shape index (κ2) is 10.5. The van der Waals surface area contributed by atoms with Crippen molar-refractivity contribution in [2.24, 2.45) is 10.8 Å². The van der Waals surface area contributed by atoms with Gasteiger partial charge in [0.2, 0.25) is 0 Å². The van der Waals surface area contributed by atoms with Gasteiger partial charge in [-0.25, -0.2) is 0 Å². The van der Waals surface area contributed by atoms with E-state index in [0.29, 0.717) is 56.1 Å². The van der Waals surface area contributed by atoms with Crippen LogP contribution in [-0.4, -0.2) is 37.5 Å². The topological polar surface area (TPSA) is 135 Å². The Labute approximate surface area is 178 Å². The number of hydrogen-bond donors (Lipinski definition) is 5. The van der Waals surface area contributed by atoms with Gasteiger partial charge in [-0.1, -0.05) is 19.3 Å². The molecule has 30 heavy (non-hydrogen) atoms. The van der Waals surface area contributed by atoms with Crippen molar-refractivity contribution in [2.45, 2.75) is 85.5 Å². The summed E-state index contributed by atoms with van der Waals surface area (Å²) in [5, 5.41) is 48.8. The predicted octanol–water partition coefficient (Wildman–Crippen LogP) is 4.84. The lowest BCUT2D eigenvalue weighted by atomic mass is 9.86. The fraction of sp³-hybridized carbons (Fsp3) is 0.652. The monoisotopic (exact) mass is 424 g/mol.